The SMILES string of the molecule is CCOC1C(O)CC1OC1CCCCCC1. The smallest absolute Gasteiger partial charge is 0.110 e. The summed E-state index contributed by atoms with van der Waals surface area (Å²) in [6.07, 6.45) is 8.56. The zero-order valence-corrected chi connectivity index (χ0v) is 10.2. The van der Waals surface area contributed by atoms with Gasteiger partial charge in [-0.2, -0.15) is 0 Å². The Morgan fingerprint density at radius 3 is 2.38 bits per heavy atom. The van der Waals surface area contributed by atoms with E-state index < -0.39 is 0 Å². The molecule has 3 unspecified atom stereocenters. The maximum Gasteiger partial charge on any atom is 0.110 e. The summed E-state index contributed by atoms with van der Waals surface area (Å²) in [6.45, 7) is 2.63. The Labute approximate surface area is 98.1 Å². The molecule has 0 aromatic carbocycles. The van der Waals surface area contributed by atoms with E-state index >= 15 is 0 Å². The zero-order valence-electron chi connectivity index (χ0n) is 10.2. The molecule has 0 heterocycles. The molecule has 0 amide bonds. The molecule has 16 heavy (non-hydrogen) atoms. The first-order valence-corrected chi connectivity index (χ1v) is 6.76. The summed E-state index contributed by atoms with van der Waals surface area (Å²) < 4.78 is 11.6. The fourth-order valence-electron chi connectivity index (χ4n) is 2.73. The minimum atomic E-state index is -0.310. The summed E-state index contributed by atoms with van der Waals surface area (Å²) >= 11 is 0. The third kappa shape index (κ3) is 2.96. The van der Waals surface area contributed by atoms with Crippen molar-refractivity contribution < 1.29 is 14.6 Å². The van der Waals surface area contributed by atoms with Crippen LogP contribution in [0.15, 0.2) is 0 Å². The second-order valence-electron chi connectivity index (χ2n) is 5.01. The lowest BCUT2D eigenvalue weighted by molar-refractivity contribution is -0.207. The van der Waals surface area contributed by atoms with E-state index in [1.54, 1.807) is 0 Å². The van der Waals surface area contributed by atoms with Crippen LogP contribution < -0.4 is 0 Å². The largest absolute Gasteiger partial charge is 0.390 e. The molecule has 2 rings (SSSR count). The lowest BCUT2D eigenvalue weighted by Crippen LogP contribution is -2.54. The van der Waals surface area contributed by atoms with E-state index in [0.717, 1.165) is 6.42 Å². The Balaban J connectivity index is 1.75. The molecule has 2 saturated carbocycles. The third-order valence-electron chi connectivity index (χ3n) is 3.75. The molecular formula is C13H24O3. The lowest BCUT2D eigenvalue weighted by atomic mass is 9.87. The first-order chi connectivity index (χ1) is 7.81. The number of hydrogen-bond donors (Lipinski definition) is 1. The maximum atomic E-state index is 9.59. The topological polar surface area (TPSA) is 38.7 Å². The van der Waals surface area contributed by atoms with Crippen LogP contribution in [0.4, 0.5) is 0 Å². The summed E-state index contributed by atoms with van der Waals surface area (Å²) in [7, 11) is 0. The number of aliphatic hydroxyl groups excluding tert-OH is 1. The zero-order chi connectivity index (χ0) is 11.4. The van der Waals surface area contributed by atoms with Crippen molar-refractivity contribution in [2.45, 2.75) is 76.3 Å². The number of hydrogen-bond acceptors (Lipinski definition) is 3. The molecule has 1 N–H and O–H groups in total. The Bertz CT molecular complexity index is 199. The van der Waals surface area contributed by atoms with E-state index in [9.17, 15) is 5.11 Å². The van der Waals surface area contributed by atoms with Crippen LogP contribution in [0.1, 0.15) is 51.9 Å². The van der Waals surface area contributed by atoms with E-state index in [0.29, 0.717) is 12.7 Å². The van der Waals surface area contributed by atoms with Gasteiger partial charge >= 0.3 is 0 Å². The molecule has 2 aliphatic carbocycles. The van der Waals surface area contributed by atoms with Crippen LogP contribution in [0.5, 0.6) is 0 Å². The van der Waals surface area contributed by atoms with Crippen molar-refractivity contribution in [1.82, 2.24) is 0 Å². The van der Waals surface area contributed by atoms with Crippen molar-refractivity contribution in [3.05, 3.63) is 0 Å². The molecule has 94 valence electrons. The average Bonchev–Trinajstić information content (AvgIpc) is 2.54. The monoisotopic (exact) mass is 228 g/mol. The minimum absolute atomic E-state index is 0.0757. The van der Waals surface area contributed by atoms with Gasteiger partial charge in [-0.05, 0) is 19.8 Å². The molecule has 3 atom stereocenters. The molecule has 3 heteroatoms. The Kier molecular flexibility index (Phi) is 4.62. The fraction of sp³-hybridized carbons (Fsp3) is 1.00. The first-order valence-electron chi connectivity index (χ1n) is 6.76. The van der Waals surface area contributed by atoms with Crippen molar-refractivity contribution in [3.8, 4) is 0 Å². The van der Waals surface area contributed by atoms with Gasteiger partial charge in [-0.15, -0.1) is 0 Å². The molecule has 0 aromatic heterocycles. The lowest BCUT2D eigenvalue weighted by Gasteiger charge is -2.42. The van der Waals surface area contributed by atoms with Crippen LogP contribution in [0.25, 0.3) is 0 Å². The predicted molar refractivity (Wildman–Crippen MR) is 62.4 cm³/mol. The van der Waals surface area contributed by atoms with Crippen LogP contribution in [0, 0.1) is 0 Å². The van der Waals surface area contributed by atoms with Gasteiger partial charge in [0.25, 0.3) is 0 Å². The van der Waals surface area contributed by atoms with Gasteiger partial charge in [0, 0.05) is 13.0 Å². The molecule has 0 aliphatic heterocycles. The molecule has 0 radical (unpaired) electrons. The van der Waals surface area contributed by atoms with E-state index in [1.165, 1.54) is 38.5 Å². The highest BCUT2D eigenvalue weighted by atomic mass is 16.6. The van der Waals surface area contributed by atoms with Gasteiger partial charge in [-0.1, -0.05) is 25.7 Å². The summed E-state index contributed by atoms with van der Waals surface area (Å²) in [5.74, 6) is 0. The molecule has 0 aromatic rings. The highest BCUT2D eigenvalue weighted by Crippen LogP contribution is 2.31. The number of ether oxygens (including phenoxy) is 2. The normalized spacial score (nSPS) is 36.8. The van der Waals surface area contributed by atoms with Crippen LogP contribution >= 0.6 is 0 Å². The van der Waals surface area contributed by atoms with Crippen LogP contribution in [0.2, 0.25) is 0 Å². The van der Waals surface area contributed by atoms with Crippen molar-refractivity contribution in [2.24, 2.45) is 0 Å². The summed E-state index contributed by atoms with van der Waals surface area (Å²) in [6, 6.07) is 0. The van der Waals surface area contributed by atoms with E-state index in [2.05, 4.69) is 0 Å². The molecule has 3 nitrogen and oxygen atoms in total. The molecular weight excluding hydrogens is 204 g/mol. The van der Waals surface area contributed by atoms with Crippen molar-refractivity contribution in [1.29, 1.82) is 0 Å². The van der Waals surface area contributed by atoms with Crippen molar-refractivity contribution in [2.75, 3.05) is 6.61 Å². The summed E-state index contributed by atoms with van der Waals surface area (Å²) in [5.41, 5.74) is 0. The van der Waals surface area contributed by atoms with E-state index in [4.69, 9.17) is 9.47 Å². The van der Waals surface area contributed by atoms with Gasteiger partial charge in [-0.3, -0.25) is 0 Å². The first kappa shape index (κ1) is 12.3. The van der Waals surface area contributed by atoms with Gasteiger partial charge < -0.3 is 14.6 Å². The predicted octanol–water partition coefficient (Wildman–Crippen LogP) is 2.26. The standard InChI is InChI=1S/C13H24O3/c1-2-15-13-11(14)9-12(13)16-10-7-5-3-4-6-8-10/h10-14H,2-9H2,1H3. The molecule has 2 aliphatic rings. The van der Waals surface area contributed by atoms with Gasteiger partial charge in [0.1, 0.15) is 6.10 Å². The van der Waals surface area contributed by atoms with Gasteiger partial charge in [-0.25, -0.2) is 0 Å². The molecule has 0 saturated heterocycles. The quantitative estimate of drug-likeness (QED) is 0.750. The molecule has 0 bridgehead atoms. The van der Waals surface area contributed by atoms with Crippen molar-refractivity contribution in [3.63, 3.8) is 0 Å². The number of rotatable bonds is 4. The van der Waals surface area contributed by atoms with E-state index in [-0.39, 0.29) is 18.3 Å². The molecule has 0 spiro atoms. The average molecular weight is 228 g/mol. The fourth-order valence-corrected chi connectivity index (χ4v) is 2.73. The highest BCUT2D eigenvalue weighted by Gasteiger charge is 2.42. The van der Waals surface area contributed by atoms with E-state index in [1.807, 2.05) is 6.92 Å². The maximum absolute atomic E-state index is 9.59. The van der Waals surface area contributed by atoms with Crippen LogP contribution in [0.3, 0.4) is 0 Å². The third-order valence-corrected chi connectivity index (χ3v) is 3.75. The van der Waals surface area contributed by atoms with Crippen molar-refractivity contribution >= 4 is 0 Å². The second kappa shape index (κ2) is 5.99. The number of aliphatic hydroxyl groups is 1. The highest BCUT2D eigenvalue weighted by molar-refractivity contribution is 4.92. The Morgan fingerprint density at radius 1 is 1.12 bits per heavy atom. The van der Waals surface area contributed by atoms with Gasteiger partial charge in [0.15, 0.2) is 0 Å². The van der Waals surface area contributed by atoms with Crippen LogP contribution in [-0.2, 0) is 9.47 Å². The van der Waals surface area contributed by atoms with Gasteiger partial charge in [0.05, 0.1) is 18.3 Å². The second-order valence-corrected chi connectivity index (χ2v) is 5.01. The Hall–Kier alpha value is -0.120. The summed E-state index contributed by atoms with van der Waals surface area (Å²) in [5, 5.41) is 9.59. The van der Waals surface area contributed by atoms with Crippen LogP contribution in [-0.4, -0.2) is 36.1 Å². The van der Waals surface area contributed by atoms with Gasteiger partial charge in [0.2, 0.25) is 0 Å². The minimum Gasteiger partial charge on any atom is -0.390 e. The Morgan fingerprint density at radius 2 is 1.81 bits per heavy atom. The molecule has 2 fully saturated rings. The summed E-state index contributed by atoms with van der Waals surface area (Å²) in [4.78, 5) is 0.